The van der Waals surface area contributed by atoms with Crippen molar-refractivity contribution in [3.8, 4) is 5.88 Å². The van der Waals surface area contributed by atoms with Crippen molar-refractivity contribution >= 4 is 5.69 Å². The van der Waals surface area contributed by atoms with Crippen LogP contribution < -0.4 is 10.5 Å². The van der Waals surface area contributed by atoms with Gasteiger partial charge in [-0.2, -0.15) is 5.10 Å². The van der Waals surface area contributed by atoms with Gasteiger partial charge in [0.05, 0.1) is 5.69 Å². The number of hydrogen-bond acceptors (Lipinski definition) is 3. The fraction of sp³-hybridized carbons (Fsp3) is 0.786. The second-order valence-electron chi connectivity index (χ2n) is 6.12. The van der Waals surface area contributed by atoms with Crippen LogP contribution in [0, 0.1) is 5.41 Å². The number of hydrogen-bond donors (Lipinski definition) is 1. The van der Waals surface area contributed by atoms with E-state index in [0.717, 1.165) is 30.8 Å². The molecule has 4 heteroatoms. The van der Waals surface area contributed by atoms with Crippen LogP contribution in [0.5, 0.6) is 5.88 Å². The van der Waals surface area contributed by atoms with Crippen molar-refractivity contribution in [2.24, 2.45) is 12.5 Å². The lowest BCUT2D eigenvalue weighted by atomic mass is 9.76. The smallest absolute Gasteiger partial charge is 0.236 e. The predicted molar refractivity (Wildman–Crippen MR) is 73.7 cm³/mol. The van der Waals surface area contributed by atoms with Crippen LogP contribution in [0.1, 0.15) is 52.1 Å². The van der Waals surface area contributed by atoms with Gasteiger partial charge in [-0.05, 0) is 37.5 Å². The van der Waals surface area contributed by atoms with Crippen LogP contribution in [0.4, 0.5) is 5.69 Å². The summed E-state index contributed by atoms with van der Waals surface area (Å²) in [5.41, 5.74) is 8.19. The molecule has 0 radical (unpaired) electrons. The molecule has 0 bridgehead atoms. The molecule has 0 spiro atoms. The first kappa shape index (κ1) is 13.2. The first-order valence-corrected chi connectivity index (χ1v) is 6.91. The molecular weight excluding hydrogens is 226 g/mol. The highest BCUT2D eigenvalue weighted by Crippen LogP contribution is 2.37. The molecular formula is C14H25N3O. The van der Waals surface area contributed by atoms with Crippen molar-refractivity contribution in [2.45, 2.75) is 59.0 Å². The van der Waals surface area contributed by atoms with E-state index in [1.807, 2.05) is 7.05 Å². The highest BCUT2D eigenvalue weighted by molar-refractivity contribution is 5.53. The van der Waals surface area contributed by atoms with Gasteiger partial charge in [-0.25, -0.2) is 4.68 Å². The molecule has 102 valence electrons. The lowest BCUT2D eigenvalue weighted by Crippen LogP contribution is -2.29. The minimum atomic E-state index is 0.292. The topological polar surface area (TPSA) is 53.1 Å². The van der Waals surface area contributed by atoms with Gasteiger partial charge in [0.15, 0.2) is 0 Å². The van der Waals surface area contributed by atoms with Crippen molar-refractivity contribution in [2.75, 3.05) is 5.73 Å². The fourth-order valence-electron chi connectivity index (χ4n) is 2.63. The van der Waals surface area contributed by atoms with Crippen LogP contribution in [0.3, 0.4) is 0 Å². The van der Waals surface area contributed by atoms with E-state index in [1.165, 1.54) is 12.8 Å². The summed E-state index contributed by atoms with van der Waals surface area (Å²) in [5.74, 6) is 0.747. The van der Waals surface area contributed by atoms with Crippen LogP contribution in [-0.2, 0) is 13.5 Å². The van der Waals surface area contributed by atoms with Crippen molar-refractivity contribution in [1.82, 2.24) is 9.78 Å². The average molecular weight is 251 g/mol. The number of aryl methyl sites for hydroxylation is 2. The molecule has 0 aliphatic heterocycles. The molecule has 1 aliphatic rings. The number of aromatic nitrogens is 2. The number of rotatable bonds is 3. The summed E-state index contributed by atoms with van der Waals surface area (Å²) >= 11 is 0. The second kappa shape index (κ2) is 4.82. The minimum absolute atomic E-state index is 0.292. The van der Waals surface area contributed by atoms with Crippen molar-refractivity contribution in [1.29, 1.82) is 0 Å². The van der Waals surface area contributed by atoms with E-state index in [2.05, 4.69) is 25.9 Å². The quantitative estimate of drug-likeness (QED) is 0.898. The molecule has 0 saturated heterocycles. The zero-order chi connectivity index (χ0) is 13.3. The molecule has 1 aromatic heterocycles. The molecule has 1 aromatic rings. The molecule has 0 unspecified atom stereocenters. The standard InChI is InChI=1S/C14H25N3O/c1-5-11-12(15)13(17(4)16-11)18-10-6-8-14(2,3)9-7-10/h10H,5-9,15H2,1-4H3. The zero-order valence-corrected chi connectivity index (χ0v) is 12.0. The maximum Gasteiger partial charge on any atom is 0.236 e. The highest BCUT2D eigenvalue weighted by Gasteiger charge is 2.29. The summed E-state index contributed by atoms with van der Waals surface area (Å²) in [6.45, 7) is 6.72. The number of nitrogen functional groups attached to an aromatic ring is 1. The Labute approximate surface area is 110 Å². The average Bonchev–Trinajstić information content (AvgIpc) is 2.59. The Bertz CT molecular complexity index is 413. The maximum absolute atomic E-state index is 6.08. The van der Waals surface area contributed by atoms with E-state index in [0.29, 0.717) is 17.2 Å². The summed E-state index contributed by atoms with van der Waals surface area (Å²) in [4.78, 5) is 0. The van der Waals surface area contributed by atoms with Crippen LogP contribution in [0.2, 0.25) is 0 Å². The summed E-state index contributed by atoms with van der Waals surface area (Å²) in [6.07, 6.45) is 5.80. The van der Waals surface area contributed by atoms with Gasteiger partial charge in [0.25, 0.3) is 0 Å². The van der Waals surface area contributed by atoms with Crippen LogP contribution >= 0.6 is 0 Å². The highest BCUT2D eigenvalue weighted by atomic mass is 16.5. The predicted octanol–water partition coefficient (Wildman–Crippen LogP) is 2.91. The van der Waals surface area contributed by atoms with Gasteiger partial charge < -0.3 is 10.5 Å². The van der Waals surface area contributed by atoms with Crippen molar-refractivity contribution in [3.05, 3.63) is 5.69 Å². The number of nitrogens with zero attached hydrogens (tertiary/aromatic N) is 2. The van der Waals surface area contributed by atoms with E-state index >= 15 is 0 Å². The Balaban J connectivity index is 2.04. The number of anilines is 1. The first-order valence-electron chi connectivity index (χ1n) is 6.91. The van der Waals surface area contributed by atoms with E-state index in [9.17, 15) is 0 Å². The molecule has 4 nitrogen and oxygen atoms in total. The number of nitrogens with two attached hydrogens (primary N) is 1. The zero-order valence-electron chi connectivity index (χ0n) is 12.0. The molecule has 0 aromatic carbocycles. The summed E-state index contributed by atoms with van der Waals surface area (Å²) in [5, 5.41) is 4.39. The monoisotopic (exact) mass is 251 g/mol. The molecule has 18 heavy (non-hydrogen) atoms. The van der Waals surface area contributed by atoms with E-state index in [-0.39, 0.29) is 0 Å². The molecule has 2 rings (SSSR count). The molecule has 1 aliphatic carbocycles. The Morgan fingerprint density at radius 1 is 1.39 bits per heavy atom. The molecule has 1 saturated carbocycles. The molecule has 1 heterocycles. The van der Waals surface area contributed by atoms with Gasteiger partial charge in [-0.1, -0.05) is 20.8 Å². The Hall–Kier alpha value is -1.19. The number of ether oxygens (including phenoxy) is 1. The Morgan fingerprint density at radius 3 is 2.50 bits per heavy atom. The molecule has 2 N–H and O–H groups in total. The van der Waals surface area contributed by atoms with Gasteiger partial charge in [0.2, 0.25) is 5.88 Å². The fourth-order valence-corrected chi connectivity index (χ4v) is 2.63. The van der Waals surface area contributed by atoms with Gasteiger partial charge in [-0.15, -0.1) is 0 Å². The van der Waals surface area contributed by atoms with Crippen molar-refractivity contribution < 1.29 is 4.74 Å². The van der Waals surface area contributed by atoms with Crippen LogP contribution in [0.25, 0.3) is 0 Å². The van der Waals surface area contributed by atoms with Crippen LogP contribution in [-0.4, -0.2) is 15.9 Å². The third kappa shape index (κ3) is 2.62. The Morgan fingerprint density at radius 2 is 2.00 bits per heavy atom. The SMILES string of the molecule is CCc1nn(C)c(OC2CCC(C)(C)CC2)c1N. The third-order valence-corrected chi connectivity index (χ3v) is 4.01. The molecule has 1 fully saturated rings. The Kier molecular flexibility index (Phi) is 3.55. The summed E-state index contributed by atoms with van der Waals surface area (Å²) in [6, 6.07) is 0. The van der Waals surface area contributed by atoms with Crippen LogP contribution in [0.15, 0.2) is 0 Å². The normalized spacial score (nSPS) is 20.0. The van der Waals surface area contributed by atoms with Gasteiger partial charge >= 0.3 is 0 Å². The minimum Gasteiger partial charge on any atom is -0.473 e. The lowest BCUT2D eigenvalue weighted by Gasteiger charge is -2.34. The van der Waals surface area contributed by atoms with Gasteiger partial charge in [0, 0.05) is 7.05 Å². The molecule has 0 atom stereocenters. The van der Waals surface area contributed by atoms with Crippen molar-refractivity contribution in [3.63, 3.8) is 0 Å². The lowest BCUT2D eigenvalue weighted by molar-refractivity contribution is 0.0918. The third-order valence-electron chi connectivity index (χ3n) is 4.01. The first-order chi connectivity index (χ1) is 8.43. The second-order valence-corrected chi connectivity index (χ2v) is 6.12. The summed E-state index contributed by atoms with van der Waals surface area (Å²) in [7, 11) is 1.90. The van der Waals surface area contributed by atoms with Gasteiger partial charge in [0.1, 0.15) is 11.8 Å². The molecule has 0 amide bonds. The van der Waals surface area contributed by atoms with E-state index in [4.69, 9.17) is 10.5 Å². The largest absolute Gasteiger partial charge is 0.473 e. The maximum atomic E-state index is 6.08. The van der Waals surface area contributed by atoms with E-state index in [1.54, 1.807) is 4.68 Å². The van der Waals surface area contributed by atoms with Gasteiger partial charge in [-0.3, -0.25) is 0 Å². The van der Waals surface area contributed by atoms with E-state index < -0.39 is 0 Å². The summed E-state index contributed by atoms with van der Waals surface area (Å²) < 4.78 is 7.84.